The van der Waals surface area contributed by atoms with Crippen molar-refractivity contribution >= 4 is 0 Å². The molecule has 0 bridgehead atoms. The van der Waals surface area contributed by atoms with Gasteiger partial charge < -0.3 is 15.2 Å². The lowest BCUT2D eigenvalue weighted by molar-refractivity contribution is -0.0869. The van der Waals surface area contributed by atoms with E-state index in [-0.39, 0.29) is 5.41 Å². The van der Waals surface area contributed by atoms with Gasteiger partial charge in [-0.25, -0.2) is 0 Å². The second-order valence-electron chi connectivity index (χ2n) is 9.81. The highest BCUT2D eigenvalue weighted by atomic mass is 16.5. The molecule has 160 valence electrons. The van der Waals surface area contributed by atoms with Crippen molar-refractivity contribution < 1.29 is 9.84 Å². The third-order valence-corrected chi connectivity index (χ3v) is 7.85. The van der Waals surface area contributed by atoms with Crippen LogP contribution in [-0.4, -0.2) is 23.8 Å². The number of fused-ring (bicyclic) bond motifs is 3. The lowest BCUT2D eigenvalue weighted by Gasteiger charge is -2.55. The molecule has 5 rings (SSSR count). The van der Waals surface area contributed by atoms with Gasteiger partial charge in [-0.15, -0.1) is 0 Å². The van der Waals surface area contributed by atoms with Gasteiger partial charge >= 0.3 is 0 Å². The van der Waals surface area contributed by atoms with Crippen LogP contribution in [0.5, 0.6) is 5.75 Å². The highest BCUT2D eigenvalue weighted by Gasteiger charge is 2.54. The largest absolute Gasteiger partial charge is 0.489 e. The molecule has 3 heteroatoms. The fraction of sp³-hybridized carbons (Fsp3) is 0.556. The molecule has 0 amide bonds. The first-order valence-electron chi connectivity index (χ1n) is 11.9. The Bertz CT molecular complexity index is 862. The average molecular weight is 406 g/mol. The van der Waals surface area contributed by atoms with E-state index in [4.69, 9.17) is 4.74 Å². The summed E-state index contributed by atoms with van der Waals surface area (Å²) < 4.78 is 6.18. The number of rotatable bonds is 8. The van der Waals surface area contributed by atoms with E-state index in [0.717, 1.165) is 63.3 Å². The molecule has 2 saturated carbocycles. The Kier molecular flexibility index (Phi) is 5.59. The molecular weight excluding hydrogens is 370 g/mol. The van der Waals surface area contributed by atoms with Crippen molar-refractivity contribution in [3.05, 3.63) is 65.2 Å². The maximum atomic E-state index is 11.8. The minimum atomic E-state index is -0.572. The van der Waals surface area contributed by atoms with Crippen LogP contribution in [0.1, 0.15) is 68.1 Å². The van der Waals surface area contributed by atoms with E-state index in [0.29, 0.717) is 6.61 Å². The summed E-state index contributed by atoms with van der Waals surface area (Å²) in [6, 6.07) is 17.0. The summed E-state index contributed by atoms with van der Waals surface area (Å²) >= 11 is 0. The van der Waals surface area contributed by atoms with E-state index in [1.807, 2.05) is 6.07 Å². The molecule has 0 aromatic heterocycles. The van der Waals surface area contributed by atoms with Crippen LogP contribution in [0, 0.1) is 5.92 Å². The molecule has 0 unspecified atom stereocenters. The summed E-state index contributed by atoms with van der Waals surface area (Å²) in [6.45, 7) is 2.72. The Labute approximate surface area is 180 Å². The van der Waals surface area contributed by atoms with Gasteiger partial charge in [0.1, 0.15) is 12.4 Å². The number of hydrogen-bond donors (Lipinski definition) is 2. The average Bonchev–Trinajstić information content (AvgIpc) is 3.61. The predicted molar refractivity (Wildman–Crippen MR) is 121 cm³/mol. The molecular formula is C27H35NO2. The summed E-state index contributed by atoms with van der Waals surface area (Å²) in [5.74, 6) is 1.82. The minimum Gasteiger partial charge on any atom is -0.489 e. The summed E-state index contributed by atoms with van der Waals surface area (Å²) in [4.78, 5) is 0. The van der Waals surface area contributed by atoms with E-state index < -0.39 is 5.60 Å². The zero-order valence-electron chi connectivity index (χ0n) is 18.0. The number of aryl methyl sites for hydroxylation is 1. The quantitative estimate of drug-likeness (QED) is 0.597. The zero-order chi connectivity index (χ0) is 20.4. The normalized spacial score (nSPS) is 27.9. The highest BCUT2D eigenvalue weighted by molar-refractivity contribution is 5.46. The topological polar surface area (TPSA) is 41.5 Å². The van der Waals surface area contributed by atoms with E-state index >= 15 is 0 Å². The monoisotopic (exact) mass is 405 g/mol. The summed E-state index contributed by atoms with van der Waals surface area (Å²) in [5, 5.41) is 15.5. The fourth-order valence-electron chi connectivity index (χ4n) is 5.88. The number of benzene rings is 2. The first-order chi connectivity index (χ1) is 14.7. The molecule has 0 aliphatic heterocycles. The molecule has 3 aliphatic rings. The molecule has 2 aromatic carbocycles. The second kappa shape index (κ2) is 8.36. The molecule has 3 nitrogen and oxygen atoms in total. The van der Waals surface area contributed by atoms with Crippen LogP contribution in [0.2, 0.25) is 0 Å². The summed E-state index contributed by atoms with van der Waals surface area (Å²) in [7, 11) is 0. The third kappa shape index (κ3) is 3.90. The van der Waals surface area contributed by atoms with Crippen molar-refractivity contribution in [2.75, 3.05) is 13.1 Å². The maximum absolute atomic E-state index is 11.8. The minimum absolute atomic E-state index is 0.137. The fourth-order valence-corrected chi connectivity index (χ4v) is 5.88. The van der Waals surface area contributed by atoms with Crippen LogP contribution in [-0.2, 0) is 18.4 Å². The Morgan fingerprint density at radius 3 is 2.67 bits per heavy atom. The van der Waals surface area contributed by atoms with E-state index in [9.17, 15) is 5.11 Å². The van der Waals surface area contributed by atoms with Crippen molar-refractivity contribution in [1.29, 1.82) is 0 Å². The number of ether oxygens (including phenoxy) is 1. The molecule has 0 heterocycles. The SMILES string of the molecule is O[C@@]12CCCC[C@]1(CCNCC1CC1)c1cc(OCc3ccccc3)ccc1CC2. The third-order valence-electron chi connectivity index (χ3n) is 7.85. The van der Waals surface area contributed by atoms with Gasteiger partial charge in [0.25, 0.3) is 0 Å². The van der Waals surface area contributed by atoms with Crippen LogP contribution < -0.4 is 10.1 Å². The Morgan fingerprint density at radius 1 is 1.00 bits per heavy atom. The maximum Gasteiger partial charge on any atom is 0.120 e. The van der Waals surface area contributed by atoms with Gasteiger partial charge in [-0.05, 0) is 92.8 Å². The lowest BCUT2D eigenvalue weighted by atomic mass is 9.53. The first-order valence-corrected chi connectivity index (χ1v) is 11.9. The molecule has 2 atom stereocenters. The molecule has 30 heavy (non-hydrogen) atoms. The summed E-state index contributed by atoms with van der Waals surface area (Å²) in [5.41, 5.74) is 3.24. The Balaban J connectivity index is 1.39. The van der Waals surface area contributed by atoms with E-state index in [2.05, 4.69) is 47.8 Å². The van der Waals surface area contributed by atoms with Crippen molar-refractivity contribution in [1.82, 2.24) is 5.32 Å². The Morgan fingerprint density at radius 2 is 1.83 bits per heavy atom. The number of hydrogen-bond acceptors (Lipinski definition) is 3. The molecule has 2 aromatic rings. The molecule has 0 radical (unpaired) electrons. The first kappa shape index (κ1) is 20.1. The van der Waals surface area contributed by atoms with E-state index in [1.165, 1.54) is 36.0 Å². The Hall–Kier alpha value is -1.84. The van der Waals surface area contributed by atoms with Crippen LogP contribution in [0.15, 0.2) is 48.5 Å². The van der Waals surface area contributed by atoms with Crippen LogP contribution in [0.4, 0.5) is 0 Å². The van der Waals surface area contributed by atoms with Gasteiger partial charge in [0, 0.05) is 5.41 Å². The van der Waals surface area contributed by atoms with Crippen LogP contribution in [0.3, 0.4) is 0 Å². The van der Waals surface area contributed by atoms with Crippen molar-refractivity contribution in [2.24, 2.45) is 5.92 Å². The van der Waals surface area contributed by atoms with Crippen LogP contribution >= 0.6 is 0 Å². The molecule has 0 spiro atoms. The number of nitrogens with one attached hydrogen (secondary N) is 1. The second-order valence-corrected chi connectivity index (χ2v) is 9.81. The highest BCUT2D eigenvalue weighted by Crippen LogP contribution is 2.55. The van der Waals surface area contributed by atoms with Crippen molar-refractivity contribution in [2.45, 2.75) is 75.4 Å². The summed E-state index contributed by atoms with van der Waals surface area (Å²) in [6.07, 6.45) is 10.0. The standard InChI is InChI=1S/C27H35NO2/c29-27-14-5-4-13-26(27,16-17-28-19-21-8-9-21)25-18-24(11-10-23(25)12-15-27)30-20-22-6-2-1-3-7-22/h1-3,6-7,10-11,18,21,28-29H,4-5,8-9,12-17,19-20H2/t26-,27+/m0/s1. The van der Waals surface area contributed by atoms with Gasteiger partial charge in [0.05, 0.1) is 5.60 Å². The lowest BCUT2D eigenvalue weighted by Crippen LogP contribution is -2.57. The zero-order valence-corrected chi connectivity index (χ0v) is 18.0. The van der Waals surface area contributed by atoms with Crippen LogP contribution in [0.25, 0.3) is 0 Å². The molecule has 3 aliphatic carbocycles. The van der Waals surface area contributed by atoms with Gasteiger partial charge in [-0.2, -0.15) is 0 Å². The molecule has 2 fully saturated rings. The van der Waals surface area contributed by atoms with Gasteiger partial charge in [0.2, 0.25) is 0 Å². The van der Waals surface area contributed by atoms with Gasteiger partial charge in [0.15, 0.2) is 0 Å². The van der Waals surface area contributed by atoms with E-state index in [1.54, 1.807) is 0 Å². The van der Waals surface area contributed by atoms with Gasteiger partial charge in [-0.1, -0.05) is 49.2 Å². The molecule has 2 N–H and O–H groups in total. The van der Waals surface area contributed by atoms with Crippen molar-refractivity contribution in [3.8, 4) is 5.75 Å². The van der Waals surface area contributed by atoms with Crippen molar-refractivity contribution in [3.63, 3.8) is 0 Å². The molecule has 0 saturated heterocycles. The predicted octanol–water partition coefficient (Wildman–Crippen LogP) is 5.14. The smallest absolute Gasteiger partial charge is 0.120 e. The van der Waals surface area contributed by atoms with Gasteiger partial charge in [-0.3, -0.25) is 0 Å². The number of aliphatic hydroxyl groups is 1.